The number of carbonyl (C=O) groups is 2. The molecule has 0 bridgehead atoms. The average Bonchev–Trinajstić information content (AvgIpc) is 2.61. The standard InChI is InChI=1S/C17H15N3O4S/c1-25-12-4-6-15(20(23)24)13(9-12)17(22)18-11-3-5-14-10(8-11)2-7-16(21)19-14/h3-6,8-9H,2,7H2,1H3,(H,18,22)(H,19,21). The van der Waals surface area contributed by atoms with Gasteiger partial charge in [0.2, 0.25) is 5.91 Å². The number of hydrogen-bond donors (Lipinski definition) is 2. The van der Waals surface area contributed by atoms with Crippen LogP contribution in [0.1, 0.15) is 22.3 Å². The fourth-order valence-corrected chi connectivity index (χ4v) is 3.08. The van der Waals surface area contributed by atoms with E-state index in [0.29, 0.717) is 18.5 Å². The van der Waals surface area contributed by atoms with Gasteiger partial charge in [0.1, 0.15) is 5.56 Å². The maximum absolute atomic E-state index is 12.5. The van der Waals surface area contributed by atoms with Gasteiger partial charge in [-0.15, -0.1) is 11.8 Å². The Morgan fingerprint density at radius 3 is 2.76 bits per heavy atom. The second kappa shape index (κ2) is 6.94. The lowest BCUT2D eigenvalue weighted by atomic mass is 10.0. The van der Waals surface area contributed by atoms with E-state index in [-0.39, 0.29) is 17.2 Å². The lowest BCUT2D eigenvalue weighted by Gasteiger charge is -2.17. The normalized spacial score (nSPS) is 12.9. The van der Waals surface area contributed by atoms with Crippen LogP contribution in [-0.4, -0.2) is 23.0 Å². The van der Waals surface area contributed by atoms with Crippen LogP contribution in [0.5, 0.6) is 0 Å². The van der Waals surface area contributed by atoms with Crippen LogP contribution in [0.3, 0.4) is 0 Å². The summed E-state index contributed by atoms with van der Waals surface area (Å²) in [5.74, 6) is -0.573. The van der Waals surface area contributed by atoms with Gasteiger partial charge in [0.15, 0.2) is 0 Å². The number of thioether (sulfide) groups is 1. The minimum atomic E-state index is -0.568. The first kappa shape index (κ1) is 17.0. The third-order valence-corrected chi connectivity index (χ3v) is 4.63. The van der Waals surface area contributed by atoms with Crippen LogP contribution in [0.25, 0.3) is 0 Å². The van der Waals surface area contributed by atoms with Crippen LogP contribution < -0.4 is 10.6 Å². The van der Waals surface area contributed by atoms with Crippen molar-refractivity contribution in [3.05, 3.63) is 57.6 Å². The largest absolute Gasteiger partial charge is 0.326 e. The molecule has 0 unspecified atom stereocenters. The highest BCUT2D eigenvalue weighted by Gasteiger charge is 2.21. The van der Waals surface area contributed by atoms with Gasteiger partial charge in [0.25, 0.3) is 11.6 Å². The summed E-state index contributed by atoms with van der Waals surface area (Å²) >= 11 is 1.40. The summed E-state index contributed by atoms with van der Waals surface area (Å²) in [6.45, 7) is 0. The zero-order valence-corrected chi connectivity index (χ0v) is 14.2. The van der Waals surface area contributed by atoms with E-state index in [0.717, 1.165) is 16.1 Å². The topological polar surface area (TPSA) is 101 Å². The van der Waals surface area contributed by atoms with Gasteiger partial charge < -0.3 is 10.6 Å². The molecular weight excluding hydrogens is 342 g/mol. The minimum absolute atomic E-state index is 0.0165. The van der Waals surface area contributed by atoms with Crippen LogP contribution in [0.4, 0.5) is 17.1 Å². The molecule has 2 N–H and O–H groups in total. The maximum Gasteiger partial charge on any atom is 0.282 e. The van der Waals surface area contributed by atoms with Crippen LogP contribution in [-0.2, 0) is 11.2 Å². The molecule has 2 aromatic carbocycles. The summed E-state index contributed by atoms with van der Waals surface area (Å²) in [7, 11) is 0. The number of nitrogens with zero attached hydrogens (tertiary/aromatic N) is 1. The third-order valence-electron chi connectivity index (χ3n) is 3.90. The number of rotatable bonds is 4. The van der Waals surface area contributed by atoms with Gasteiger partial charge in [-0.2, -0.15) is 0 Å². The van der Waals surface area contributed by atoms with E-state index in [1.807, 2.05) is 6.26 Å². The molecule has 8 heteroatoms. The van der Waals surface area contributed by atoms with Crippen LogP contribution in [0.2, 0.25) is 0 Å². The number of carbonyl (C=O) groups excluding carboxylic acids is 2. The van der Waals surface area contributed by atoms with Crippen molar-refractivity contribution >= 4 is 40.6 Å². The molecule has 0 aromatic heterocycles. The Hall–Kier alpha value is -2.87. The van der Waals surface area contributed by atoms with Crippen molar-refractivity contribution in [1.82, 2.24) is 0 Å². The van der Waals surface area contributed by atoms with Crippen molar-refractivity contribution < 1.29 is 14.5 Å². The van der Waals surface area contributed by atoms with E-state index in [1.165, 1.54) is 23.9 Å². The number of nitro benzene ring substituents is 1. The van der Waals surface area contributed by atoms with E-state index in [4.69, 9.17) is 0 Å². The number of hydrogen-bond acceptors (Lipinski definition) is 5. The zero-order valence-electron chi connectivity index (χ0n) is 13.4. The van der Waals surface area contributed by atoms with Crippen molar-refractivity contribution in [2.45, 2.75) is 17.7 Å². The molecule has 128 valence electrons. The molecule has 0 saturated carbocycles. The van der Waals surface area contributed by atoms with Gasteiger partial charge in [-0.3, -0.25) is 19.7 Å². The molecule has 0 aliphatic carbocycles. The van der Waals surface area contributed by atoms with Crippen LogP contribution >= 0.6 is 11.8 Å². The number of nitrogens with one attached hydrogen (secondary N) is 2. The van der Waals surface area contributed by atoms with E-state index in [1.54, 1.807) is 24.3 Å². The number of benzene rings is 2. The smallest absolute Gasteiger partial charge is 0.282 e. The Kier molecular flexibility index (Phi) is 4.71. The summed E-state index contributed by atoms with van der Waals surface area (Å²) in [5, 5.41) is 16.6. The quantitative estimate of drug-likeness (QED) is 0.496. The lowest BCUT2D eigenvalue weighted by molar-refractivity contribution is -0.385. The Labute approximate surface area is 148 Å². The van der Waals surface area contributed by atoms with Crippen molar-refractivity contribution in [2.75, 3.05) is 16.9 Å². The molecule has 0 fully saturated rings. The Bertz CT molecular complexity index is 882. The summed E-state index contributed by atoms with van der Waals surface area (Å²) in [5.41, 5.74) is 1.96. The van der Waals surface area contributed by atoms with Gasteiger partial charge in [-0.1, -0.05) is 0 Å². The molecule has 1 aliphatic rings. The van der Waals surface area contributed by atoms with Crippen molar-refractivity contribution in [1.29, 1.82) is 0 Å². The fraction of sp³-hybridized carbons (Fsp3) is 0.176. The van der Waals surface area contributed by atoms with Gasteiger partial charge >= 0.3 is 0 Å². The molecule has 2 aromatic rings. The Morgan fingerprint density at radius 2 is 2.04 bits per heavy atom. The molecule has 3 rings (SSSR count). The summed E-state index contributed by atoms with van der Waals surface area (Å²) in [6.07, 6.45) is 2.82. The van der Waals surface area contributed by atoms with Crippen LogP contribution in [0, 0.1) is 10.1 Å². The van der Waals surface area contributed by atoms with Gasteiger partial charge in [-0.25, -0.2) is 0 Å². The average molecular weight is 357 g/mol. The number of nitro groups is 1. The predicted molar refractivity (Wildman–Crippen MR) is 96.2 cm³/mol. The molecule has 1 aliphatic heterocycles. The van der Waals surface area contributed by atoms with E-state index >= 15 is 0 Å². The minimum Gasteiger partial charge on any atom is -0.326 e. The molecule has 2 amide bonds. The summed E-state index contributed by atoms with van der Waals surface area (Å²) < 4.78 is 0. The summed E-state index contributed by atoms with van der Waals surface area (Å²) in [6, 6.07) is 9.61. The highest BCUT2D eigenvalue weighted by Crippen LogP contribution is 2.28. The molecule has 0 radical (unpaired) electrons. The van der Waals surface area contributed by atoms with E-state index in [9.17, 15) is 19.7 Å². The highest BCUT2D eigenvalue weighted by molar-refractivity contribution is 7.98. The third kappa shape index (κ3) is 3.63. The van der Waals surface area contributed by atoms with Crippen molar-refractivity contribution in [2.24, 2.45) is 0 Å². The first-order valence-electron chi connectivity index (χ1n) is 7.54. The van der Waals surface area contributed by atoms with E-state index in [2.05, 4.69) is 10.6 Å². The maximum atomic E-state index is 12.5. The number of amides is 2. The number of fused-ring (bicyclic) bond motifs is 1. The fourth-order valence-electron chi connectivity index (χ4n) is 2.64. The first-order chi connectivity index (χ1) is 12.0. The predicted octanol–water partition coefficient (Wildman–Crippen LogP) is 3.45. The number of aryl methyl sites for hydroxylation is 1. The molecule has 0 atom stereocenters. The molecule has 1 heterocycles. The molecular formula is C17H15N3O4S. The molecule has 0 saturated heterocycles. The number of anilines is 2. The summed E-state index contributed by atoms with van der Waals surface area (Å²) in [4.78, 5) is 35.3. The van der Waals surface area contributed by atoms with Crippen LogP contribution in [0.15, 0.2) is 41.3 Å². The molecule has 0 spiro atoms. The Morgan fingerprint density at radius 1 is 1.24 bits per heavy atom. The zero-order chi connectivity index (χ0) is 18.0. The van der Waals surface area contributed by atoms with Gasteiger partial charge in [0, 0.05) is 28.8 Å². The van der Waals surface area contributed by atoms with Crippen molar-refractivity contribution in [3.8, 4) is 0 Å². The van der Waals surface area contributed by atoms with Gasteiger partial charge in [0.05, 0.1) is 4.92 Å². The van der Waals surface area contributed by atoms with E-state index < -0.39 is 10.8 Å². The SMILES string of the molecule is CSc1ccc([N+](=O)[O-])c(C(=O)Nc2ccc3c(c2)CCC(=O)N3)c1. The monoisotopic (exact) mass is 357 g/mol. The molecule has 7 nitrogen and oxygen atoms in total. The molecule has 25 heavy (non-hydrogen) atoms. The highest BCUT2D eigenvalue weighted by atomic mass is 32.2. The van der Waals surface area contributed by atoms with Crippen molar-refractivity contribution in [3.63, 3.8) is 0 Å². The first-order valence-corrected chi connectivity index (χ1v) is 8.77. The Balaban J connectivity index is 1.88. The van der Waals surface area contributed by atoms with Gasteiger partial charge in [-0.05, 0) is 48.6 Å². The lowest BCUT2D eigenvalue weighted by Crippen LogP contribution is -2.19. The second-order valence-corrected chi connectivity index (χ2v) is 6.39. The second-order valence-electron chi connectivity index (χ2n) is 5.51.